The molecule has 0 amide bonds. The molecule has 1 N–H and O–H groups in total. The molecule has 0 bridgehead atoms. The molecule has 0 unspecified atom stereocenters. The van der Waals surface area contributed by atoms with Gasteiger partial charge in [-0.1, -0.05) is 12.1 Å². The van der Waals surface area contributed by atoms with Crippen LogP contribution in [-0.4, -0.2) is 27.3 Å². The number of rotatable bonds is 4. The fourth-order valence-electron chi connectivity index (χ4n) is 2.07. The number of nitrogens with one attached hydrogen (secondary N) is 1. The maximum absolute atomic E-state index is 12.2. The molecule has 1 saturated heterocycles. The lowest BCUT2D eigenvalue weighted by atomic mass is 10.1. The number of hydrogen-bond donors (Lipinski definition) is 1. The van der Waals surface area contributed by atoms with Gasteiger partial charge in [0.2, 0.25) is 0 Å². The molecule has 0 saturated carbocycles. The largest absolute Gasteiger partial charge is 0.446 e. The van der Waals surface area contributed by atoms with E-state index in [0.29, 0.717) is 12.6 Å². The summed E-state index contributed by atoms with van der Waals surface area (Å²) in [5, 5.41) is 3.36. The van der Waals surface area contributed by atoms with Crippen molar-refractivity contribution in [1.82, 2.24) is 5.32 Å². The van der Waals surface area contributed by atoms with Crippen LogP contribution in [0.3, 0.4) is 0 Å². The van der Waals surface area contributed by atoms with Crippen molar-refractivity contribution in [2.45, 2.75) is 35.8 Å². The van der Waals surface area contributed by atoms with E-state index < -0.39 is 16.3 Å². The van der Waals surface area contributed by atoms with E-state index in [1.54, 1.807) is 12.1 Å². The van der Waals surface area contributed by atoms with Gasteiger partial charge in [-0.2, -0.15) is 13.2 Å². The summed E-state index contributed by atoms with van der Waals surface area (Å²) in [4.78, 5) is 0.203. The van der Waals surface area contributed by atoms with Gasteiger partial charge in [-0.15, -0.1) is 0 Å². The lowest BCUT2D eigenvalue weighted by Crippen LogP contribution is -2.35. The number of thioether (sulfide) groups is 1. The summed E-state index contributed by atoms with van der Waals surface area (Å²) >= 11 is -0.0984. The average molecular weight is 323 g/mol. The van der Waals surface area contributed by atoms with Gasteiger partial charge in [-0.3, -0.25) is 4.21 Å². The van der Waals surface area contributed by atoms with Crippen LogP contribution in [0.1, 0.15) is 18.4 Å². The van der Waals surface area contributed by atoms with Crippen LogP contribution in [0.2, 0.25) is 0 Å². The van der Waals surface area contributed by atoms with E-state index in [9.17, 15) is 17.4 Å². The Balaban J connectivity index is 1.80. The Morgan fingerprint density at radius 1 is 1.20 bits per heavy atom. The lowest BCUT2D eigenvalue weighted by molar-refractivity contribution is -0.0328. The van der Waals surface area contributed by atoms with Crippen molar-refractivity contribution in [3.05, 3.63) is 29.8 Å². The molecule has 1 aliphatic rings. The summed E-state index contributed by atoms with van der Waals surface area (Å²) in [6.45, 7) is 0.633. The van der Waals surface area contributed by atoms with Crippen LogP contribution in [0, 0.1) is 0 Å². The maximum Gasteiger partial charge on any atom is 0.446 e. The molecular weight excluding hydrogens is 307 g/mol. The minimum absolute atomic E-state index is 0.0984. The van der Waals surface area contributed by atoms with Crippen LogP contribution >= 0.6 is 11.8 Å². The van der Waals surface area contributed by atoms with Crippen molar-refractivity contribution in [2.24, 2.45) is 0 Å². The zero-order valence-electron chi connectivity index (χ0n) is 10.8. The zero-order valence-corrected chi connectivity index (χ0v) is 12.4. The molecular formula is C13H16F3NOS2. The van der Waals surface area contributed by atoms with Crippen LogP contribution in [0.5, 0.6) is 0 Å². The highest BCUT2D eigenvalue weighted by Crippen LogP contribution is 2.36. The van der Waals surface area contributed by atoms with Gasteiger partial charge >= 0.3 is 5.51 Å². The van der Waals surface area contributed by atoms with E-state index in [1.807, 2.05) is 0 Å². The van der Waals surface area contributed by atoms with E-state index in [2.05, 4.69) is 5.32 Å². The Labute approximate surface area is 123 Å². The Hall–Kier alpha value is -0.530. The topological polar surface area (TPSA) is 29.1 Å². The lowest BCUT2D eigenvalue weighted by Gasteiger charge is -2.22. The third-order valence-electron chi connectivity index (χ3n) is 3.14. The predicted molar refractivity (Wildman–Crippen MR) is 76.1 cm³/mol. The molecule has 1 aromatic carbocycles. The van der Waals surface area contributed by atoms with Crippen molar-refractivity contribution >= 4 is 22.6 Å². The van der Waals surface area contributed by atoms with Gasteiger partial charge < -0.3 is 5.32 Å². The molecule has 1 aliphatic heterocycles. The number of hydrogen-bond acceptors (Lipinski definition) is 3. The molecule has 0 spiro atoms. The first-order valence-electron chi connectivity index (χ1n) is 6.35. The number of halogens is 3. The minimum atomic E-state index is -4.24. The van der Waals surface area contributed by atoms with Gasteiger partial charge in [-0.25, -0.2) is 0 Å². The molecule has 1 fully saturated rings. The Morgan fingerprint density at radius 2 is 1.80 bits per heavy atom. The highest BCUT2D eigenvalue weighted by atomic mass is 32.2. The summed E-state index contributed by atoms with van der Waals surface area (Å²) < 4.78 is 47.8. The van der Waals surface area contributed by atoms with Crippen LogP contribution in [-0.2, 0) is 17.3 Å². The third kappa shape index (κ3) is 5.46. The maximum atomic E-state index is 12.2. The second-order valence-electron chi connectivity index (χ2n) is 4.70. The highest BCUT2D eigenvalue weighted by molar-refractivity contribution is 8.00. The minimum Gasteiger partial charge on any atom is -0.310 e. The van der Waals surface area contributed by atoms with Crippen molar-refractivity contribution in [3.63, 3.8) is 0 Å². The normalized spacial score (nSPS) is 23.8. The number of alkyl halides is 3. The molecule has 20 heavy (non-hydrogen) atoms. The van der Waals surface area contributed by atoms with Gasteiger partial charge in [-0.05, 0) is 42.3 Å². The summed E-state index contributed by atoms with van der Waals surface area (Å²) in [5.74, 6) is 1.47. The first kappa shape index (κ1) is 15.9. The van der Waals surface area contributed by atoms with E-state index >= 15 is 0 Å². The van der Waals surface area contributed by atoms with Gasteiger partial charge in [0.1, 0.15) is 0 Å². The molecule has 0 atom stereocenters. The molecule has 7 heteroatoms. The Kier molecular flexibility index (Phi) is 5.51. The van der Waals surface area contributed by atoms with Crippen LogP contribution < -0.4 is 5.32 Å². The molecule has 0 radical (unpaired) electrons. The molecule has 112 valence electrons. The van der Waals surface area contributed by atoms with Crippen molar-refractivity contribution in [3.8, 4) is 0 Å². The van der Waals surface area contributed by atoms with Crippen molar-refractivity contribution in [2.75, 3.05) is 11.5 Å². The molecule has 0 aromatic heterocycles. The van der Waals surface area contributed by atoms with Crippen LogP contribution in [0.4, 0.5) is 13.2 Å². The molecule has 1 aromatic rings. The van der Waals surface area contributed by atoms with Gasteiger partial charge in [0.15, 0.2) is 0 Å². The fraction of sp³-hybridized carbons (Fsp3) is 0.538. The van der Waals surface area contributed by atoms with Crippen molar-refractivity contribution in [1.29, 1.82) is 0 Å². The second-order valence-corrected chi connectivity index (χ2v) is 7.53. The highest BCUT2D eigenvalue weighted by Gasteiger charge is 2.29. The summed E-state index contributed by atoms with van der Waals surface area (Å²) in [6.07, 6.45) is 1.79. The van der Waals surface area contributed by atoms with E-state index in [1.165, 1.54) is 12.1 Å². The van der Waals surface area contributed by atoms with Gasteiger partial charge in [0, 0.05) is 39.8 Å². The SMILES string of the molecule is O=S1CCC(NCc2ccc(SC(F)(F)F)cc2)CC1. The average Bonchev–Trinajstić information content (AvgIpc) is 2.38. The fourth-order valence-corrected chi connectivity index (χ4v) is 3.91. The van der Waals surface area contributed by atoms with Crippen LogP contribution in [0.15, 0.2) is 29.2 Å². The van der Waals surface area contributed by atoms with Crippen LogP contribution in [0.25, 0.3) is 0 Å². The summed E-state index contributed by atoms with van der Waals surface area (Å²) in [6, 6.07) is 6.76. The van der Waals surface area contributed by atoms with E-state index in [4.69, 9.17) is 0 Å². The Morgan fingerprint density at radius 3 is 2.35 bits per heavy atom. The zero-order chi connectivity index (χ0) is 14.6. The Bertz CT molecular complexity index is 452. The second kappa shape index (κ2) is 6.95. The quantitative estimate of drug-likeness (QED) is 0.862. The number of benzene rings is 1. The third-order valence-corrected chi connectivity index (χ3v) is 5.26. The molecule has 1 heterocycles. The summed E-state index contributed by atoms with van der Waals surface area (Å²) in [5.41, 5.74) is -3.28. The van der Waals surface area contributed by atoms with Crippen molar-refractivity contribution < 1.29 is 17.4 Å². The van der Waals surface area contributed by atoms with E-state index in [0.717, 1.165) is 29.9 Å². The first-order valence-corrected chi connectivity index (χ1v) is 8.66. The first-order chi connectivity index (χ1) is 9.42. The monoisotopic (exact) mass is 323 g/mol. The molecule has 2 nitrogen and oxygen atoms in total. The van der Waals surface area contributed by atoms with Gasteiger partial charge in [0.25, 0.3) is 0 Å². The summed E-state index contributed by atoms with van der Waals surface area (Å²) in [7, 11) is -0.671. The standard InChI is InChI=1S/C13H16F3NOS2/c14-13(15,16)19-12-3-1-10(2-4-12)9-17-11-5-7-20(18)8-6-11/h1-4,11,17H,5-9H2. The predicted octanol–water partition coefficient (Wildman–Crippen LogP) is 3.30. The molecule has 0 aliphatic carbocycles. The van der Waals surface area contributed by atoms with E-state index in [-0.39, 0.29) is 16.7 Å². The molecule has 2 rings (SSSR count). The smallest absolute Gasteiger partial charge is 0.310 e. The van der Waals surface area contributed by atoms with Gasteiger partial charge in [0.05, 0.1) is 0 Å².